The van der Waals surface area contributed by atoms with Crippen LogP contribution in [-0.4, -0.2) is 12.1 Å². The Kier molecular flexibility index (Phi) is 5.08. The van der Waals surface area contributed by atoms with Crippen LogP contribution in [0.4, 0.5) is 5.69 Å². The van der Waals surface area contributed by atoms with Crippen LogP contribution in [0.3, 0.4) is 0 Å². The number of halogens is 2. The van der Waals surface area contributed by atoms with E-state index in [0.717, 1.165) is 16.6 Å². The smallest absolute Gasteiger partial charge is 0.0637 e. The second-order valence-electron chi connectivity index (χ2n) is 5.17. The topological polar surface area (TPSA) is 38.0 Å². The normalized spacial score (nSPS) is 13.8. The molecular formula is C16H18BrClN2. The highest BCUT2D eigenvalue weighted by Crippen LogP contribution is 2.26. The van der Waals surface area contributed by atoms with Crippen molar-refractivity contribution >= 4 is 33.2 Å². The lowest BCUT2D eigenvalue weighted by Gasteiger charge is -2.31. The highest BCUT2D eigenvalue weighted by atomic mass is 79.9. The molecule has 2 rings (SSSR count). The van der Waals surface area contributed by atoms with E-state index in [-0.39, 0.29) is 5.54 Å². The predicted molar refractivity (Wildman–Crippen MR) is 90.4 cm³/mol. The number of anilines is 1. The van der Waals surface area contributed by atoms with Gasteiger partial charge in [-0.05, 0) is 43.2 Å². The maximum Gasteiger partial charge on any atom is 0.0637 e. The maximum absolute atomic E-state index is 6.20. The van der Waals surface area contributed by atoms with Gasteiger partial charge in [0.1, 0.15) is 0 Å². The van der Waals surface area contributed by atoms with Crippen molar-refractivity contribution in [3.63, 3.8) is 0 Å². The summed E-state index contributed by atoms with van der Waals surface area (Å²) >= 11 is 9.65. The SMILES string of the molecule is CC(CN)(Cc1ccc(Br)cc1)Nc1ccccc1Cl. The molecule has 0 saturated heterocycles. The highest BCUT2D eigenvalue weighted by Gasteiger charge is 2.23. The van der Waals surface area contributed by atoms with E-state index in [1.165, 1.54) is 5.56 Å². The fraction of sp³-hybridized carbons (Fsp3) is 0.250. The van der Waals surface area contributed by atoms with Gasteiger partial charge < -0.3 is 11.1 Å². The molecule has 0 aliphatic rings. The van der Waals surface area contributed by atoms with Crippen molar-refractivity contribution in [1.29, 1.82) is 0 Å². The van der Waals surface area contributed by atoms with Crippen LogP contribution in [0.5, 0.6) is 0 Å². The first-order valence-electron chi connectivity index (χ1n) is 6.50. The maximum atomic E-state index is 6.20. The summed E-state index contributed by atoms with van der Waals surface area (Å²) in [6, 6.07) is 16.0. The molecule has 0 bridgehead atoms. The summed E-state index contributed by atoms with van der Waals surface area (Å²) in [5, 5.41) is 4.18. The minimum Gasteiger partial charge on any atom is -0.377 e. The number of nitrogens with one attached hydrogen (secondary N) is 1. The summed E-state index contributed by atoms with van der Waals surface area (Å²) in [5.74, 6) is 0. The molecule has 0 fully saturated rings. The molecule has 1 atom stereocenters. The third-order valence-electron chi connectivity index (χ3n) is 3.27. The monoisotopic (exact) mass is 352 g/mol. The van der Waals surface area contributed by atoms with E-state index in [0.29, 0.717) is 11.6 Å². The van der Waals surface area contributed by atoms with Gasteiger partial charge in [0, 0.05) is 11.0 Å². The fourth-order valence-electron chi connectivity index (χ4n) is 2.11. The summed E-state index contributed by atoms with van der Waals surface area (Å²) in [5.41, 5.74) is 7.88. The average Bonchev–Trinajstić information content (AvgIpc) is 2.44. The highest BCUT2D eigenvalue weighted by molar-refractivity contribution is 9.10. The third kappa shape index (κ3) is 3.98. The van der Waals surface area contributed by atoms with Crippen molar-refractivity contribution in [3.05, 3.63) is 63.6 Å². The molecule has 4 heteroatoms. The van der Waals surface area contributed by atoms with Gasteiger partial charge in [0.15, 0.2) is 0 Å². The summed E-state index contributed by atoms with van der Waals surface area (Å²) in [6.07, 6.45) is 0.835. The minimum absolute atomic E-state index is 0.237. The van der Waals surface area contributed by atoms with Crippen molar-refractivity contribution in [2.24, 2.45) is 5.73 Å². The van der Waals surface area contributed by atoms with Gasteiger partial charge in [-0.3, -0.25) is 0 Å². The zero-order chi connectivity index (χ0) is 14.6. The van der Waals surface area contributed by atoms with Gasteiger partial charge in [0.25, 0.3) is 0 Å². The lowest BCUT2D eigenvalue weighted by atomic mass is 9.92. The zero-order valence-electron chi connectivity index (χ0n) is 11.4. The predicted octanol–water partition coefficient (Wildman–Crippen LogP) is 4.47. The van der Waals surface area contributed by atoms with Gasteiger partial charge in [0.05, 0.1) is 16.2 Å². The van der Waals surface area contributed by atoms with Crippen molar-refractivity contribution in [3.8, 4) is 0 Å². The lowest BCUT2D eigenvalue weighted by Crippen LogP contribution is -2.44. The molecule has 0 amide bonds. The first-order chi connectivity index (χ1) is 9.52. The van der Waals surface area contributed by atoms with E-state index in [4.69, 9.17) is 17.3 Å². The molecule has 0 aromatic heterocycles. The van der Waals surface area contributed by atoms with Gasteiger partial charge in [-0.15, -0.1) is 0 Å². The van der Waals surface area contributed by atoms with Crippen LogP contribution in [0.25, 0.3) is 0 Å². The number of rotatable bonds is 5. The average molecular weight is 354 g/mol. The molecule has 2 aromatic rings. The van der Waals surface area contributed by atoms with Crippen LogP contribution in [0.2, 0.25) is 5.02 Å². The number of hydrogen-bond acceptors (Lipinski definition) is 2. The van der Waals surface area contributed by atoms with Crippen molar-refractivity contribution in [2.45, 2.75) is 18.9 Å². The fourth-order valence-corrected chi connectivity index (χ4v) is 2.56. The molecule has 0 spiro atoms. The first-order valence-corrected chi connectivity index (χ1v) is 7.67. The van der Waals surface area contributed by atoms with Crippen molar-refractivity contribution in [1.82, 2.24) is 0 Å². The van der Waals surface area contributed by atoms with E-state index >= 15 is 0 Å². The van der Waals surface area contributed by atoms with Crippen LogP contribution in [0.1, 0.15) is 12.5 Å². The number of hydrogen-bond donors (Lipinski definition) is 2. The second-order valence-corrected chi connectivity index (χ2v) is 6.50. The van der Waals surface area contributed by atoms with Crippen molar-refractivity contribution < 1.29 is 0 Å². The Hall–Kier alpha value is -1.03. The van der Waals surface area contributed by atoms with Gasteiger partial charge >= 0.3 is 0 Å². The molecule has 3 N–H and O–H groups in total. The quantitative estimate of drug-likeness (QED) is 0.832. The Morgan fingerprint density at radius 3 is 2.40 bits per heavy atom. The van der Waals surface area contributed by atoms with Crippen LogP contribution in [0, 0.1) is 0 Å². The summed E-state index contributed by atoms with van der Waals surface area (Å²) in [4.78, 5) is 0. The molecule has 0 saturated carbocycles. The Labute approximate surface area is 133 Å². The largest absolute Gasteiger partial charge is 0.377 e. The Bertz CT molecular complexity index is 571. The Morgan fingerprint density at radius 2 is 1.80 bits per heavy atom. The zero-order valence-corrected chi connectivity index (χ0v) is 13.7. The number of para-hydroxylation sites is 1. The van der Waals surface area contributed by atoms with E-state index in [9.17, 15) is 0 Å². The van der Waals surface area contributed by atoms with Crippen LogP contribution < -0.4 is 11.1 Å². The molecule has 1 unspecified atom stereocenters. The van der Waals surface area contributed by atoms with Crippen molar-refractivity contribution in [2.75, 3.05) is 11.9 Å². The van der Waals surface area contributed by atoms with Crippen LogP contribution in [0.15, 0.2) is 53.0 Å². The number of nitrogens with two attached hydrogens (primary N) is 1. The van der Waals surface area contributed by atoms with E-state index in [2.05, 4.69) is 40.3 Å². The Morgan fingerprint density at radius 1 is 1.15 bits per heavy atom. The summed E-state index contributed by atoms with van der Waals surface area (Å²) in [7, 11) is 0. The van der Waals surface area contributed by atoms with E-state index in [1.54, 1.807) is 0 Å². The van der Waals surface area contributed by atoms with E-state index in [1.807, 2.05) is 36.4 Å². The molecule has 20 heavy (non-hydrogen) atoms. The van der Waals surface area contributed by atoms with Gasteiger partial charge in [-0.2, -0.15) is 0 Å². The molecule has 0 radical (unpaired) electrons. The summed E-state index contributed by atoms with van der Waals surface area (Å²) in [6.45, 7) is 2.63. The Balaban J connectivity index is 2.17. The number of benzene rings is 2. The molecular weight excluding hydrogens is 336 g/mol. The third-order valence-corrected chi connectivity index (χ3v) is 4.13. The first kappa shape index (κ1) is 15.4. The molecule has 2 aromatic carbocycles. The molecule has 0 heterocycles. The van der Waals surface area contributed by atoms with Gasteiger partial charge in [-0.25, -0.2) is 0 Å². The second kappa shape index (κ2) is 6.61. The summed E-state index contributed by atoms with van der Waals surface area (Å²) < 4.78 is 1.08. The van der Waals surface area contributed by atoms with Gasteiger partial charge in [-0.1, -0.05) is 51.8 Å². The van der Waals surface area contributed by atoms with E-state index < -0.39 is 0 Å². The molecule has 2 nitrogen and oxygen atoms in total. The molecule has 106 valence electrons. The molecule has 0 aliphatic carbocycles. The standard InChI is InChI=1S/C16H18BrClN2/c1-16(11-19,10-12-6-8-13(17)9-7-12)20-15-5-3-2-4-14(15)18/h2-9,20H,10-11,19H2,1H3. The van der Waals surface area contributed by atoms with Crippen LogP contribution >= 0.6 is 27.5 Å². The lowest BCUT2D eigenvalue weighted by molar-refractivity contribution is 0.521. The molecule has 0 aliphatic heterocycles. The van der Waals surface area contributed by atoms with Gasteiger partial charge in [0.2, 0.25) is 0 Å². The van der Waals surface area contributed by atoms with Crippen LogP contribution in [-0.2, 0) is 6.42 Å². The minimum atomic E-state index is -0.237.